The summed E-state index contributed by atoms with van der Waals surface area (Å²) in [4.78, 5) is 25.2. The number of esters is 1. The highest BCUT2D eigenvalue weighted by Gasteiger charge is 2.44. The average Bonchev–Trinajstić information content (AvgIpc) is 2.77. The Bertz CT molecular complexity index is 962. The highest BCUT2D eigenvalue weighted by molar-refractivity contribution is 8.02. The molecule has 0 unspecified atom stereocenters. The number of allylic oxidation sites excluding steroid dienone is 1. The van der Waals surface area contributed by atoms with E-state index >= 15 is 0 Å². The number of hydrogen-bond acceptors (Lipinski definition) is 5. The number of benzene rings is 2. The molecule has 2 aromatic carbocycles. The van der Waals surface area contributed by atoms with Crippen LogP contribution < -0.4 is 5.32 Å². The number of nitrogens with one attached hydrogen (secondary N) is 1. The normalized spacial score (nSPS) is 18.7. The van der Waals surface area contributed by atoms with Crippen molar-refractivity contribution in [3.8, 4) is 6.07 Å². The maximum Gasteiger partial charge on any atom is 0.319 e. The second-order valence-corrected chi connectivity index (χ2v) is 7.68. The summed E-state index contributed by atoms with van der Waals surface area (Å²) < 4.78 is 4.88. The molecule has 5 nitrogen and oxygen atoms in total. The van der Waals surface area contributed by atoms with Crippen LogP contribution in [-0.2, 0) is 26.5 Å². The van der Waals surface area contributed by atoms with Gasteiger partial charge in [0.15, 0.2) is 0 Å². The van der Waals surface area contributed by atoms with Crippen LogP contribution in [0.1, 0.15) is 29.5 Å². The number of carbonyl (C=O) groups is 2. The Morgan fingerprint density at radius 2 is 1.83 bits per heavy atom. The number of aryl methyl sites for hydroxylation is 1. The number of methoxy groups -OCH3 is 1. The van der Waals surface area contributed by atoms with Crippen molar-refractivity contribution < 1.29 is 14.3 Å². The fourth-order valence-electron chi connectivity index (χ4n) is 3.37. The number of thioether (sulfide) groups is 1. The smallest absolute Gasteiger partial charge is 0.319 e. The first-order valence-corrected chi connectivity index (χ1v) is 10.4. The summed E-state index contributed by atoms with van der Waals surface area (Å²) in [6, 6.07) is 19.7. The number of nitriles is 1. The monoisotopic (exact) mass is 406 g/mol. The first-order valence-electron chi connectivity index (χ1n) is 9.37. The molecule has 148 valence electrons. The van der Waals surface area contributed by atoms with Crippen LogP contribution in [0.25, 0.3) is 0 Å². The largest absolute Gasteiger partial charge is 0.468 e. The van der Waals surface area contributed by atoms with Crippen molar-refractivity contribution in [3.05, 3.63) is 81.9 Å². The lowest BCUT2D eigenvalue weighted by molar-refractivity contribution is -0.150. The molecule has 1 N–H and O–H groups in total. The third-order valence-corrected chi connectivity index (χ3v) is 6.05. The van der Waals surface area contributed by atoms with Crippen molar-refractivity contribution in [2.24, 2.45) is 5.92 Å². The van der Waals surface area contributed by atoms with Gasteiger partial charge >= 0.3 is 5.97 Å². The highest BCUT2D eigenvalue weighted by atomic mass is 32.2. The third-order valence-electron chi connectivity index (χ3n) is 4.96. The van der Waals surface area contributed by atoms with Crippen molar-refractivity contribution >= 4 is 23.6 Å². The minimum atomic E-state index is -1.09. The van der Waals surface area contributed by atoms with Crippen LogP contribution in [0.4, 0.5) is 0 Å². The zero-order valence-electron chi connectivity index (χ0n) is 16.3. The molecule has 1 aliphatic rings. The molecule has 0 saturated heterocycles. The molecule has 0 aliphatic carbocycles. The molecule has 2 atom stereocenters. The van der Waals surface area contributed by atoms with E-state index < -0.39 is 23.7 Å². The fraction of sp³-hybridized carbons (Fsp3) is 0.261. The molecule has 0 aromatic heterocycles. The van der Waals surface area contributed by atoms with Gasteiger partial charge in [0.25, 0.3) is 0 Å². The summed E-state index contributed by atoms with van der Waals surface area (Å²) in [7, 11) is 1.25. The molecular weight excluding hydrogens is 384 g/mol. The second kappa shape index (κ2) is 9.44. The van der Waals surface area contributed by atoms with Crippen LogP contribution in [-0.4, -0.2) is 19.0 Å². The van der Waals surface area contributed by atoms with Crippen LogP contribution in [0.5, 0.6) is 0 Å². The number of amides is 1. The Hall–Kier alpha value is -3.04. The van der Waals surface area contributed by atoms with Gasteiger partial charge in [0.1, 0.15) is 5.92 Å². The molecule has 1 aliphatic heterocycles. The molecule has 0 spiro atoms. The lowest BCUT2D eigenvalue weighted by atomic mass is 9.78. The van der Waals surface area contributed by atoms with Gasteiger partial charge in [0.05, 0.1) is 23.8 Å². The molecule has 0 fully saturated rings. The Morgan fingerprint density at radius 1 is 1.14 bits per heavy atom. The molecule has 0 saturated carbocycles. The summed E-state index contributed by atoms with van der Waals surface area (Å²) >= 11 is 1.39. The maximum absolute atomic E-state index is 12.8. The summed E-state index contributed by atoms with van der Waals surface area (Å²) in [5.74, 6) is -2.26. The van der Waals surface area contributed by atoms with Gasteiger partial charge in [-0.3, -0.25) is 9.59 Å². The Morgan fingerprint density at radius 3 is 2.41 bits per heavy atom. The van der Waals surface area contributed by atoms with Crippen molar-refractivity contribution in [3.63, 3.8) is 0 Å². The van der Waals surface area contributed by atoms with Crippen molar-refractivity contribution in [2.45, 2.75) is 25.0 Å². The summed E-state index contributed by atoms with van der Waals surface area (Å²) in [5, 5.41) is 13.2. The van der Waals surface area contributed by atoms with Gasteiger partial charge in [-0.1, -0.05) is 61.5 Å². The number of ether oxygens (including phenoxy) is 1. The highest BCUT2D eigenvalue weighted by Crippen LogP contribution is 2.40. The van der Waals surface area contributed by atoms with Gasteiger partial charge in [-0.05, 0) is 23.1 Å². The van der Waals surface area contributed by atoms with Crippen LogP contribution in [0.15, 0.2) is 65.2 Å². The van der Waals surface area contributed by atoms with E-state index in [1.54, 1.807) is 0 Å². The van der Waals surface area contributed by atoms with Crippen LogP contribution in [0.3, 0.4) is 0 Å². The van der Waals surface area contributed by atoms with E-state index in [1.165, 1.54) is 18.9 Å². The van der Waals surface area contributed by atoms with Gasteiger partial charge in [-0.2, -0.15) is 5.26 Å². The zero-order valence-corrected chi connectivity index (χ0v) is 17.2. The second-order valence-electron chi connectivity index (χ2n) is 6.69. The first kappa shape index (κ1) is 20.7. The van der Waals surface area contributed by atoms with Gasteiger partial charge < -0.3 is 10.1 Å². The van der Waals surface area contributed by atoms with Gasteiger partial charge in [-0.25, -0.2) is 0 Å². The Labute approximate surface area is 174 Å². The van der Waals surface area contributed by atoms with E-state index in [-0.39, 0.29) is 0 Å². The third kappa shape index (κ3) is 4.52. The van der Waals surface area contributed by atoms with E-state index in [1.807, 2.05) is 54.6 Å². The van der Waals surface area contributed by atoms with Gasteiger partial charge in [0, 0.05) is 11.7 Å². The topological polar surface area (TPSA) is 79.2 Å². The number of hydrogen-bond donors (Lipinski definition) is 1. The Kier molecular flexibility index (Phi) is 6.73. The molecule has 1 heterocycles. The quantitative estimate of drug-likeness (QED) is 0.581. The minimum Gasteiger partial charge on any atom is -0.468 e. The SMILES string of the molecule is CCc1ccc([C@@H]2C(C#N)=C(SCc3ccccc3)NC(=O)[C@H]2C(=O)OC)cc1. The predicted molar refractivity (Wildman–Crippen MR) is 113 cm³/mol. The molecule has 29 heavy (non-hydrogen) atoms. The number of nitrogens with zero attached hydrogens (tertiary/aromatic N) is 1. The summed E-state index contributed by atoms with van der Waals surface area (Å²) in [5.41, 5.74) is 3.35. The molecule has 3 rings (SSSR count). The van der Waals surface area contributed by atoms with Crippen LogP contribution >= 0.6 is 11.8 Å². The summed E-state index contributed by atoms with van der Waals surface area (Å²) in [6.07, 6.45) is 0.880. The lowest BCUT2D eigenvalue weighted by Crippen LogP contribution is -2.44. The fourth-order valence-corrected chi connectivity index (χ4v) is 4.37. The van der Waals surface area contributed by atoms with Crippen molar-refractivity contribution in [1.29, 1.82) is 5.26 Å². The molecule has 6 heteroatoms. The van der Waals surface area contributed by atoms with Gasteiger partial charge in [-0.15, -0.1) is 11.8 Å². The van der Waals surface area contributed by atoms with E-state index in [4.69, 9.17) is 4.74 Å². The van der Waals surface area contributed by atoms with Crippen LogP contribution in [0, 0.1) is 17.2 Å². The molecule has 0 radical (unpaired) electrons. The Balaban J connectivity index is 2.02. The number of rotatable bonds is 6. The maximum atomic E-state index is 12.8. The van der Waals surface area contributed by atoms with E-state index in [0.717, 1.165) is 23.1 Å². The minimum absolute atomic E-state index is 0.380. The van der Waals surface area contributed by atoms with Crippen molar-refractivity contribution in [1.82, 2.24) is 5.32 Å². The number of carbonyl (C=O) groups excluding carboxylic acids is 2. The summed E-state index contributed by atoms with van der Waals surface area (Å²) in [6.45, 7) is 2.05. The molecule has 0 bridgehead atoms. The zero-order chi connectivity index (χ0) is 20.8. The van der Waals surface area contributed by atoms with Gasteiger partial charge in [0.2, 0.25) is 5.91 Å². The average molecular weight is 407 g/mol. The molecular formula is C23H22N2O3S. The van der Waals surface area contributed by atoms with E-state index in [9.17, 15) is 14.9 Å². The molecule has 2 aromatic rings. The predicted octanol–water partition coefficient (Wildman–Crippen LogP) is 3.92. The molecule has 1 amide bonds. The van der Waals surface area contributed by atoms with Crippen molar-refractivity contribution in [2.75, 3.05) is 7.11 Å². The standard InChI is InChI=1S/C23H22N2O3S/c1-3-15-9-11-17(12-10-15)19-18(13-24)22(25-21(26)20(19)23(27)28-2)29-14-16-7-5-4-6-8-16/h4-12,19-20H,3,14H2,1-2H3,(H,25,26)/t19-,20+/m1/s1. The van der Waals surface area contributed by atoms with E-state index in [2.05, 4.69) is 18.3 Å². The van der Waals surface area contributed by atoms with Crippen LogP contribution in [0.2, 0.25) is 0 Å². The van der Waals surface area contributed by atoms with E-state index in [0.29, 0.717) is 16.4 Å². The lowest BCUT2D eigenvalue weighted by Gasteiger charge is -2.31. The first-order chi connectivity index (χ1) is 14.1.